The highest BCUT2D eigenvalue weighted by Gasteiger charge is 2.66. The Kier molecular flexibility index (Phi) is 1.59. The third kappa shape index (κ3) is 0.968. The van der Waals surface area contributed by atoms with Crippen LogP contribution in [0.3, 0.4) is 0 Å². The van der Waals surface area contributed by atoms with Crippen LogP contribution in [0.1, 0.15) is 34.1 Å². The molecule has 3 rings (SSSR count). The van der Waals surface area contributed by atoms with Crippen molar-refractivity contribution in [2.45, 2.75) is 18.3 Å². The van der Waals surface area contributed by atoms with Crippen molar-refractivity contribution in [1.29, 1.82) is 0 Å². The largest absolute Gasteiger partial charge is 0.343 e. The first-order valence-electron chi connectivity index (χ1n) is 5.12. The van der Waals surface area contributed by atoms with E-state index in [9.17, 15) is 13.6 Å². The highest BCUT2D eigenvalue weighted by Crippen LogP contribution is 2.67. The normalized spacial score (nSPS) is 28.5. The lowest BCUT2D eigenvalue weighted by molar-refractivity contribution is -0.0268. The minimum Gasteiger partial charge on any atom is -0.343 e. The summed E-state index contributed by atoms with van der Waals surface area (Å²) in [5, 5.41) is 6.06. The number of hydrogen-bond donors (Lipinski definition) is 1. The summed E-state index contributed by atoms with van der Waals surface area (Å²) in [5.74, 6) is -3.95. The van der Waals surface area contributed by atoms with Crippen molar-refractivity contribution in [1.82, 2.24) is 15.1 Å². The van der Waals surface area contributed by atoms with E-state index in [1.807, 2.05) is 0 Å². The maximum atomic E-state index is 13.7. The predicted octanol–water partition coefficient (Wildman–Crippen LogP) is 1.32. The number of nitrogens with zero attached hydrogens (tertiary/aromatic N) is 2. The van der Waals surface area contributed by atoms with Gasteiger partial charge in [-0.25, -0.2) is 0 Å². The Bertz CT molecular complexity index is 480. The van der Waals surface area contributed by atoms with Crippen molar-refractivity contribution >= 4 is 5.91 Å². The molecule has 2 aliphatic carbocycles. The van der Waals surface area contributed by atoms with Crippen LogP contribution in [0.2, 0.25) is 0 Å². The molecule has 1 fully saturated rings. The Morgan fingerprint density at radius 3 is 2.88 bits per heavy atom. The molecule has 0 aliphatic heterocycles. The average molecular weight is 227 g/mol. The van der Waals surface area contributed by atoms with Crippen LogP contribution in [-0.4, -0.2) is 35.1 Å². The van der Waals surface area contributed by atoms with Gasteiger partial charge in [-0.2, -0.15) is 13.9 Å². The molecule has 4 nitrogen and oxygen atoms in total. The van der Waals surface area contributed by atoms with Crippen LogP contribution in [0.4, 0.5) is 8.78 Å². The zero-order chi connectivity index (χ0) is 11.7. The number of aromatic nitrogens is 2. The molecule has 2 aliphatic rings. The molecule has 1 aromatic heterocycles. The van der Waals surface area contributed by atoms with Crippen LogP contribution in [0.5, 0.6) is 0 Å². The summed E-state index contributed by atoms with van der Waals surface area (Å²) in [4.78, 5) is 13.1. The van der Waals surface area contributed by atoms with E-state index in [-0.39, 0.29) is 23.2 Å². The van der Waals surface area contributed by atoms with Crippen molar-refractivity contribution < 1.29 is 13.6 Å². The lowest BCUT2D eigenvalue weighted by atomic mass is 10.1. The van der Waals surface area contributed by atoms with E-state index in [0.29, 0.717) is 12.0 Å². The first kappa shape index (κ1) is 9.74. The molecule has 16 heavy (non-hydrogen) atoms. The van der Waals surface area contributed by atoms with E-state index in [2.05, 4.69) is 10.2 Å². The van der Waals surface area contributed by atoms with Gasteiger partial charge in [0.15, 0.2) is 5.69 Å². The molecule has 0 bridgehead atoms. The highest BCUT2D eigenvalue weighted by atomic mass is 19.3. The van der Waals surface area contributed by atoms with Gasteiger partial charge in [0.25, 0.3) is 11.8 Å². The Labute approximate surface area is 90.6 Å². The van der Waals surface area contributed by atoms with E-state index in [1.54, 1.807) is 14.1 Å². The van der Waals surface area contributed by atoms with E-state index >= 15 is 0 Å². The second kappa shape index (κ2) is 2.61. The third-order valence-electron chi connectivity index (χ3n) is 3.37. The standard InChI is InChI=1S/C10H11F2N3O/c1-15(2)9(16)7-6-4-3-5(4)10(11,12)8(6)14-13-7/h4-5H,3H2,1-2H3,(H,13,14)/t4-,5+/m0/s1. The van der Waals surface area contributed by atoms with Crippen LogP contribution in [-0.2, 0) is 5.92 Å². The van der Waals surface area contributed by atoms with Crippen molar-refractivity contribution in [3.05, 3.63) is 17.0 Å². The summed E-state index contributed by atoms with van der Waals surface area (Å²) >= 11 is 0. The van der Waals surface area contributed by atoms with Gasteiger partial charge in [-0.15, -0.1) is 0 Å². The SMILES string of the molecule is CN(C)C(=O)c1n[nH]c2c1[C@H]1C[C@H]1C2(F)F. The minimum absolute atomic E-state index is 0.154. The molecule has 0 unspecified atom stereocenters. The fourth-order valence-electron chi connectivity index (χ4n) is 2.44. The Hall–Kier alpha value is -1.46. The molecular formula is C10H11F2N3O. The minimum atomic E-state index is -2.84. The number of carbonyl (C=O) groups is 1. The zero-order valence-electron chi connectivity index (χ0n) is 8.92. The van der Waals surface area contributed by atoms with Crippen molar-refractivity contribution in [2.75, 3.05) is 14.1 Å². The van der Waals surface area contributed by atoms with Gasteiger partial charge in [-0.1, -0.05) is 0 Å². The summed E-state index contributed by atoms with van der Waals surface area (Å²) < 4.78 is 27.3. The Balaban J connectivity index is 2.10. The van der Waals surface area contributed by atoms with Crippen molar-refractivity contribution in [3.63, 3.8) is 0 Å². The topological polar surface area (TPSA) is 49.0 Å². The van der Waals surface area contributed by atoms with E-state index < -0.39 is 11.8 Å². The molecule has 1 N–H and O–H groups in total. The molecule has 0 saturated heterocycles. The number of nitrogens with one attached hydrogen (secondary N) is 1. The van der Waals surface area contributed by atoms with Crippen LogP contribution in [0, 0.1) is 5.92 Å². The summed E-state index contributed by atoms with van der Waals surface area (Å²) in [7, 11) is 3.17. The summed E-state index contributed by atoms with van der Waals surface area (Å²) in [6.45, 7) is 0. The Morgan fingerprint density at radius 1 is 1.56 bits per heavy atom. The molecule has 1 aromatic rings. The highest BCUT2D eigenvalue weighted by molar-refractivity contribution is 5.94. The first-order valence-corrected chi connectivity index (χ1v) is 5.12. The van der Waals surface area contributed by atoms with E-state index in [4.69, 9.17) is 0 Å². The number of alkyl halides is 2. The number of carbonyl (C=O) groups excluding carboxylic acids is 1. The average Bonchev–Trinajstić information content (AvgIpc) is 2.82. The first-order chi connectivity index (χ1) is 7.44. The summed E-state index contributed by atoms with van der Waals surface area (Å²) in [5.41, 5.74) is 0.442. The number of H-pyrrole nitrogens is 1. The third-order valence-corrected chi connectivity index (χ3v) is 3.37. The molecule has 0 spiro atoms. The smallest absolute Gasteiger partial charge is 0.292 e. The van der Waals surface area contributed by atoms with Crippen LogP contribution in [0.25, 0.3) is 0 Å². The summed E-state index contributed by atoms with van der Waals surface area (Å²) in [6.07, 6.45) is 0.466. The lowest BCUT2D eigenvalue weighted by Crippen LogP contribution is -2.23. The van der Waals surface area contributed by atoms with Gasteiger partial charge >= 0.3 is 0 Å². The summed E-state index contributed by atoms with van der Waals surface area (Å²) in [6, 6.07) is 0. The second-order valence-corrected chi connectivity index (χ2v) is 4.63. The van der Waals surface area contributed by atoms with Crippen LogP contribution in [0.15, 0.2) is 0 Å². The van der Waals surface area contributed by atoms with Crippen LogP contribution >= 0.6 is 0 Å². The number of fused-ring (bicyclic) bond motifs is 3. The van der Waals surface area contributed by atoms with Gasteiger partial charge in [0.05, 0.1) is 0 Å². The maximum absolute atomic E-state index is 13.7. The number of rotatable bonds is 1. The van der Waals surface area contributed by atoms with Crippen LogP contribution < -0.4 is 0 Å². The van der Waals surface area contributed by atoms with Crippen molar-refractivity contribution in [2.24, 2.45) is 5.92 Å². The van der Waals surface area contributed by atoms with Gasteiger partial charge in [0.1, 0.15) is 5.69 Å². The van der Waals surface area contributed by atoms with Gasteiger partial charge < -0.3 is 4.90 Å². The molecule has 0 aromatic carbocycles. The van der Waals surface area contributed by atoms with Gasteiger partial charge in [0, 0.05) is 25.6 Å². The lowest BCUT2D eigenvalue weighted by Gasteiger charge is -2.10. The fourth-order valence-corrected chi connectivity index (χ4v) is 2.44. The monoisotopic (exact) mass is 227 g/mol. The molecule has 86 valence electrons. The molecule has 6 heteroatoms. The van der Waals surface area contributed by atoms with Gasteiger partial charge in [-0.3, -0.25) is 9.89 Å². The molecule has 1 heterocycles. The number of aromatic amines is 1. The Morgan fingerprint density at radius 2 is 2.25 bits per heavy atom. The van der Waals surface area contributed by atoms with Crippen molar-refractivity contribution in [3.8, 4) is 0 Å². The predicted molar refractivity (Wildman–Crippen MR) is 51.3 cm³/mol. The molecule has 2 atom stereocenters. The number of amides is 1. The molecular weight excluding hydrogens is 216 g/mol. The maximum Gasteiger partial charge on any atom is 0.292 e. The molecule has 1 saturated carbocycles. The molecule has 0 radical (unpaired) electrons. The number of hydrogen-bond acceptors (Lipinski definition) is 2. The molecule has 1 amide bonds. The fraction of sp³-hybridized carbons (Fsp3) is 0.600. The van der Waals surface area contributed by atoms with Gasteiger partial charge in [-0.05, 0) is 12.3 Å². The quantitative estimate of drug-likeness (QED) is 0.786. The zero-order valence-corrected chi connectivity index (χ0v) is 8.92. The van der Waals surface area contributed by atoms with E-state index in [1.165, 1.54) is 4.90 Å². The second-order valence-electron chi connectivity index (χ2n) is 4.63. The number of halogens is 2. The van der Waals surface area contributed by atoms with Gasteiger partial charge in [0.2, 0.25) is 0 Å². The van der Waals surface area contributed by atoms with E-state index in [0.717, 1.165) is 0 Å².